The number of fused-ring (bicyclic) bond motifs is 1. The van der Waals surface area contributed by atoms with Crippen molar-refractivity contribution in [1.29, 1.82) is 0 Å². The van der Waals surface area contributed by atoms with Crippen LogP contribution < -0.4 is 5.32 Å². The lowest BCUT2D eigenvalue weighted by Gasteiger charge is -2.19. The molecule has 1 saturated heterocycles. The van der Waals surface area contributed by atoms with Gasteiger partial charge in [0.25, 0.3) is 0 Å². The van der Waals surface area contributed by atoms with E-state index in [0.717, 1.165) is 40.5 Å². The molecule has 1 aromatic rings. The van der Waals surface area contributed by atoms with E-state index in [2.05, 4.69) is 10.3 Å². The Balaban J connectivity index is 1.56. The molecule has 0 spiro atoms. The van der Waals surface area contributed by atoms with Crippen LogP contribution in [-0.4, -0.2) is 34.2 Å². The summed E-state index contributed by atoms with van der Waals surface area (Å²) in [4.78, 5) is 42.8. The van der Waals surface area contributed by atoms with Crippen molar-refractivity contribution in [3.8, 4) is 0 Å². The first-order valence-electron chi connectivity index (χ1n) is 7.59. The van der Waals surface area contributed by atoms with E-state index in [-0.39, 0.29) is 36.1 Å². The topological polar surface area (TPSA) is 79.4 Å². The van der Waals surface area contributed by atoms with E-state index < -0.39 is 0 Å². The van der Waals surface area contributed by atoms with Crippen molar-refractivity contribution in [2.45, 2.75) is 39.2 Å². The quantitative estimate of drug-likeness (QED) is 0.846. The molecule has 0 aromatic carbocycles. The number of aromatic nitrogens is 1. The van der Waals surface area contributed by atoms with Crippen LogP contribution in [0.5, 0.6) is 0 Å². The molecule has 0 radical (unpaired) electrons. The van der Waals surface area contributed by atoms with E-state index in [1.807, 2.05) is 6.92 Å². The maximum atomic E-state index is 12.3. The number of carbonyl (C=O) groups excluding carboxylic acids is 3. The number of carbonyl (C=O) groups is 3. The normalized spacial score (nSPS) is 24.5. The molecule has 2 atom stereocenters. The fourth-order valence-corrected chi connectivity index (χ4v) is 3.99. The number of hydrogen-bond donors (Lipinski definition) is 1. The summed E-state index contributed by atoms with van der Waals surface area (Å²) in [5.41, 5.74) is 0. The summed E-state index contributed by atoms with van der Waals surface area (Å²) in [6.07, 6.45) is 5.25. The van der Waals surface area contributed by atoms with Gasteiger partial charge in [-0.3, -0.25) is 19.3 Å². The van der Waals surface area contributed by atoms with E-state index in [1.54, 1.807) is 6.20 Å². The maximum Gasteiger partial charge on any atom is 0.240 e. The van der Waals surface area contributed by atoms with E-state index in [1.165, 1.54) is 11.3 Å². The van der Waals surface area contributed by atoms with E-state index in [4.69, 9.17) is 0 Å². The summed E-state index contributed by atoms with van der Waals surface area (Å²) in [5.74, 6) is -1.03. The third-order valence-corrected chi connectivity index (χ3v) is 5.28. The highest BCUT2D eigenvalue weighted by molar-refractivity contribution is 7.11. The largest absolute Gasteiger partial charge is 0.350 e. The highest BCUT2D eigenvalue weighted by Gasteiger charge is 2.48. The Morgan fingerprint density at radius 1 is 1.32 bits per heavy atom. The number of amides is 3. The minimum atomic E-state index is -0.300. The summed E-state index contributed by atoms with van der Waals surface area (Å²) < 4.78 is 0. The van der Waals surface area contributed by atoms with Crippen LogP contribution in [-0.2, 0) is 20.9 Å². The molecule has 1 N–H and O–H groups in total. The van der Waals surface area contributed by atoms with Crippen LogP contribution in [0.2, 0.25) is 0 Å². The highest BCUT2D eigenvalue weighted by Crippen LogP contribution is 2.37. The van der Waals surface area contributed by atoms with Gasteiger partial charge in [-0.15, -0.1) is 11.3 Å². The third-order valence-electron chi connectivity index (χ3n) is 4.36. The summed E-state index contributed by atoms with van der Waals surface area (Å²) >= 11 is 1.52. The number of aryl methyl sites for hydroxylation is 1. The van der Waals surface area contributed by atoms with Crippen molar-refractivity contribution in [3.63, 3.8) is 0 Å². The van der Waals surface area contributed by atoms with Gasteiger partial charge in [-0.1, -0.05) is 12.8 Å². The predicted molar refractivity (Wildman–Crippen MR) is 80.9 cm³/mol. The summed E-state index contributed by atoms with van der Waals surface area (Å²) in [6.45, 7) is 2.12. The second kappa shape index (κ2) is 6.16. The van der Waals surface area contributed by atoms with Crippen molar-refractivity contribution >= 4 is 29.1 Å². The molecule has 1 aromatic heterocycles. The zero-order valence-corrected chi connectivity index (χ0v) is 13.3. The number of nitrogens with zero attached hydrogens (tertiary/aromatic N) is 2. The third kappa shape index (κ3) is 2.90. The monoisotopic (exact) mass is 321 g/mol. The number of rotatable bonds is 4. The highest BCUT2D eigenvalue weighted by atomic mass is 32.1. The van der Waals surface area contributed by atoms with Crippen molar-refractivity contribution in [3.05, 3.63) is 16.1 Å². The molecule has 1 saturated carbocycles. The van der Waals surface area contributed by atoms with E-state index in [9.17, 15) is 14.4 Å². The van der Waals surface area contributed by atoms with Crippen LogP contribution in [0.25, 0.3) is 0 Å². The second-order valence-corrected chi connectivity index (χ2v) is 7.20. The number of nitrogens with one attached hydrogen (secondary N) is 1. The molecule has 3 rings (SSSR count). The lowest BCUT2D eigenvalue weighted by Crippen LogP contribution is -2.40. The van der Waals surface area contributed by atoms with Gasteiger partial charge in [0.2, 0.25) is 17.7 Å². The van der Waals surface area contributed by atoms with Crippen molar-refractivity contribution in [2.24, 2.45) is 11.8 Å². The minimum absolute atomic E-state index is 0.164. The molecule has 2 unspecified atom stereocenters. The molecule has 1 aliphatic heterocycles. The first-order chi connectivity index (χ1) is 10.6. The molecular weight excluding hydrogens is 302 g/mol. The van der Waals surface area contributed by atoms with E-state index in [0.29, 0.717) is 6.54 Å². The predicted octanol–water partition coefficient (Wildman–Crippen LogP) is 1.24. The van der Waals surface area contributed by atoms with Crippen LogP contribution >= 0.6 is 11.3 Å². The van der Waals surface area contributed by atoms with Crippen molar-refractivity contribution in [1.82, 2.24) is 15.2 Å². The molecule has 2 aliphatic rings. The van der Waals surface area contributed by atoms with Crippen molar-refractivity contribution in [2.75, 3.05) is 6.54 Å². The first kappa shape index (κ1) is 15.1. The summed E-state index contributed by atoms with van der Waals surface area (Å²) in [6, 6.07) is 0. The molecule has 2 heterocycles. The smallest absolute Gasteiger partial charge is 0.240 e. The molecule has 1 aliphatic carbocycles. The Labute approximate surface area is 132 Å². The van der Waals surface area contributed by atoms with Crippen LogP contribution in [0.15, 0.2) is 6.20 Å². The van der Waals surface area contributed by atoms with Gasteiger partial charge in [0.1, 0.15) is 6.54 Å². The van der Waals surface area contributed by atoms with E-state index >= 15 is 0 Å². The Morgan fingerprint density at radius 2 is 1.95 bits per heavy atom. The number of hydrogen-bond acceptors (Lipinski definition) is 5. The Hall–Kier alpha value is -1.76. The molecule has 0 bridgehead atoms. The molecule has 7 heteroatoms. The van der Waals surface area contributed by atoms with Gasteiger partial charge in [0.05, 0.1) is 23.4 Å². The minimum Gasteiger partial charge on any atom is -0.350 e. The van der Waals surface area contributed by atoms with Gasteiger partial charge >= 0.3 is 0 Å². The molecule has 2 fully saturated rings. The number of likely N-dealkylation sites (tertiary alicyclic amines) is 1. The summed E-state index contributed by atoms with van der Waals surface area (Å²) in [7, 11) is 0. The lowest BCUT2D eigenvalue weighted by molar-refractivity contribution is -0.143. The lowest BCUT2D eigenvalue weighted by atomic mass is 9.81. The van der Waals surface area contributed by atoms with Gasteiger partial charge in [-0.05, 0) is 19.8 Å². The van der Waals surface area contributed by atoms with Crippen molar-refractivity contribution < 1.29 is 14.4 Å². The zero-order chi connectivity index (χ0) is 15.7. The van der Waals surface area contributed by atoms with Gasteiger partial charge < -0.3 is 5.32 Å². The van der Waals surface area contributed by atoms with Crippen LogP contribution in [0.1, 0.15) is 35.6 Å². The fourth-order valence-electron chi connectivity index (χ4n) is 3.26. The zero-order valence-electron chi connectivity index (χ0n) is 12.5. The van der Waals surface area contributed by atoms with Crippen LogP contribution in [0, 0.1) is 18.8 Å². The average molecular weight is 321 g/mol. The van der Waals surface area contributed by atoms with Crippen LogP contribution in [0.3, 0.4) is 0 Å². The summed E-state index contributed by atoms with van der Waals surface area (Å²) in [5, 5.41) is 3.69. The Morgan fingerprint density at radius 3 is 2.50 bits per heavy atom. The second-order valence-electron chi connectivity index (χ2n) is 5.88. The number of thiazole rings is 1. The Bertz CT molecular complexity index is 589. The van der Waals surface area contributed by atoms with Gasteiger partial charge in [-0.25, -0.2) is 4.98 Å². The van der Waals surface area contributed by atoms with Gasteiger partial charge in [0, 0.05) is 11.1 Å². The average Bonchev–Trinajstić information content (AvgIpc) is 3.03. The molecule has 22 heavy (non-hydrogen) atoms. The Kier molecular flexibility index (Phi) is 4.24. The molecule has 118 valence electrons. The number of imide groups is 1. The van der Waals surface area contributed by atoms with Crippen LogP contribution in [0.4, 0.5) is 0 Å². The fraction of sp³-hybridized carbons (Fsp3) is 0.600. The van der Waals surface area contributed by atoms with Gasteiger partial charge in [-0.2, -0.15) is 0 Å². The molecule has 3 amide bonds. The molecular formula is C15H19N3O3S. The maximum absolute atomic E-state index is 12.3. The standard InChI is InChI=1S/C15H19N3O3S/c1-9-16-6-10(22-9)7-17-13(19)8-18-14(20)11-4-2-3-5-12(11)15(18)21/h6,11-12H,2-5,7-8H2,1H3,(H,17,19). The SMILES string of the molecule is Cc1ncc(CNC(=O)CN2C(=O)C3CCCCC3C2=O)s1. The molecule has 6 nitrogen and oxygen atoms in total. The van der Waals surface area contributed by atoms with Gasteiger partial charge in [0.15, 0.2) is 0 Å². The first-order valence-corrected chi connectivity index (χ1v) is 8.41.